The van der Waals surface area contributed by atoms with E-state index in [4.69, 9.17) is 0 Å². The molecule has 0 saturated heterocycles. The predicted octanol–water partition coefficient (Wildman–Crippen LogP) is 0.833. The quantitative estimate of drug-likeness (QED) is 0.403. The maximum absolute atomic E-state index is 9.28. The Hall–Kier alpha value is 1.87. The Labute approximate surface area is 99.9 Å². The molecule has 0 spiro atoms. The van der Waals surface area contributed by atoms with Crippen LogP contribution in [0.15, 0.2) is 0 Å². The Morgan fingerprint density at radius 2 is 1.50 bits per heavy atom. The molecule has 0 fully saturated rings. The van der Waals surface area contributed by atoms with Gasteiger partial charge >= 0.3 is 24.4 Å². The Bertz CT molecular complexity index is 153. The van der Waals surface area contributed by atoms with Gasteiger partial charge in [0.05, 0.1) is 0 Å². The van der Waals surface area contributed by atoms with E-state index in [1.54, 1.807) is 0 Å². The summed E-state index contributed by atoms with van der Waals surface area (Å²) in [5.41, 5.74) is -2.84. The second kappa shape index (κ2) is 8.20. The summed E-state index contributed by atoms with van der Waals surface area (Å²) < 4.78 is 0. The normalized spacial score (nSPS) is 11.5. The van der Waals surface area contributed by atoms with Gasteiger partial charge in [-0.25, -0.2) is 0 Å². The van der Waals surface area contributed by atoms with Crippen molar-refractivity contribution in [3.8, 4) is 0 Å². The minimum absolute atomic E-state index is 0. The monoisotopic (exact) mass is 340 g/mol. The molecule has 0 bridgehead atoms. The number of thiol groups is 1. The molecule has 0 amide bonds. The standard InChI is InChI=1S/C6H17O2PS2.Sb.3H/c1-3-5-11(6-4-2)9(7,8)10;;;;/h7-8,10H,3-6H2,1-2H3;;;;. The first kappa shape index (κ1) is 16.3. The topological polar surface area (TPSA) is 40.5 Å². The molecule has 0 radical (unpaired) electrons. The first-order valence-corrected chi connectivity index (χ1v) is 8.79. The fourth-order valence-electron chi connectivity index (χ4n) is 0.818. The predicted molar refractivity (Wildman–Crippen MR) is 68.0 cm³/mol. The van der Waals surface area contributed by atoms with Crippen molar-refractivity contribution in [1.29, 1.82) is 0 Å². The average molecular weight is 341 g/mol. The summed E-state index contributed by atoms with van der Waals surface area (Å²) in [6.45, 7) is 4.11. The van der Waals surface area contributed by atoms with E-state index >= 15 is 0 Å². The van der Waals surface area contributed by atoms with Crippen LogP contribution in [0.25, 0.3) is 0 Å². The van der Waals surface area contributed by atoms with Gasteiger partial charge in [0.25, 0.3) is 0 Å². The zero-order valence-electron chi connectivity index (χ0n) is 7.73. The van der Waals surface area contributed by atoms with E-state index in [9.17, 15) is 9.79 Å². The Morgan fingerprint density at radius 1 is 1.17 bits per heavy atom. The van der Waals surface area contributed by atoms with Gasteiger partial charge < -0.3 is 9.79 Å². The molecule has 0 aliphatic rings. The van der Waals surface area contributed by atoms with Crippen molar-refractivity contribution in [3.05, 3.63) is 0 Å². The molecule has 0 heterocycles. The minimum atomic E-state index is -2.84. The molecular formula is C6H20O2PS2Sb. The number of hydrogen-bond acceptors (Lipinski definition) is 0. The van der Waals surface area contributed by atoms with Crippen molar-refractivity contribution in [1.82, 2.24) is 0 Å². The van der Waals surface area contributed by atoms with Crippen molar-refractivity contribution < 1.29 is 9.79 Å². The van der Waals surface area contributed by atoms with Crippen LogP contribution in [0.1, 0.15) is 26.7 Å². The zero-order valence-corrected chi connectivity index (χ0v) is 14.4. The average Bonchev–Trinajstić information content (AvgIpc) is 1.85. The molecule has 0 aliphatic carbocycles. The van der Waals surface area contributed by atoms with Crippen LogP contribution in [0.4, 0.5) is 0 Å². The summed E-state index contributed by atoms with van der Waals surface area (Å²) in [4.78, 5) is 18.6. The number of rotatable bonds is 4. The summed E-state index contributed by atoms with van der Waals surface area (Å²) in [7, 11) is -0.255. The van der Waals surface area contributed by atoms with Crippen LogP contribution in [0.2, 0.25) is 0 Å². The van der Waals surface area contributed by atoms with Gasteiger partial charge in [-0.05, 0) is 24.3 Å². The molecule has 0 aromatic rings. The van der Waals surface area contributed by atoms with Gasteiger partial charge in [-0.1, -0.05) is 26.1 Å². The molecule has 0 rings (SSSR count). The Balaban J connectivity index is 0. The summed E-state index contributed by atoms with van der Waals surface area (Å²) >= 11 is 3.85. The number of hydrogen-bond donors (Lipinski definition) is 3. The third-order valence-electron chi connectivity index (χ3n) is 1.23. The molecule has 0 aliphatic heterocycles. The molecular weight excluding hydrogens is 321 g/mol. The van der Waals surface area contributed by atoms with Crippen molar-refractivity contribution in [2.75, 3.05) is 11.5 Å². The van der Waals surface area contributed by atoms with Crippen molar-refractivity contribution in [3.63, 3.8) is 0 Å². The first-order valence-electron chi connectivity index (χ1n) is 3.77. The van der Waals surface area contributed by atoms with Crippen molar-refractivity contribution in [2.45, 2.75) is 26.7 Å². The second-order valence-corrected chi connectivity index (χ2v) is 10.7. The zero-order chi connectivity index (χ0) is 8.91. The van der Waals surface area contributed by atoms with Gasteiger partial charge in [0.1, 0.15) is 0 Å². The Morgan fingerprint density at radius 3 is 1.67 bits per heavy atom. The maximum atomic E-state index is 9.28. The van der Waals surface area contributed by atoms with Crippen LogP contribution >= 0.6 is 17.9 Å². The van der Waals surface area contributed by atoms with E-state index in [1.807, 2.05) is 0 Å². The van der Waals surface area contributed by atoms with Gasteiger partial charge in [0.2, 0.25) is 0 Å². The molecule has 0 aromatic heterocycles. The molecule has 2 N–H and O–H groups in total. The van der Waals surface area contributed by atoms with E-state index in [0.717, 1.165) is 24.3 Å². The molecule has 0 atom stereocenters. The molecule has 12 heavy (non-hydrogen) atoms. The second-order valence-electron chi connectivity index (χ2n) is 2.38. The Kier molecular flexibility index (Phi) is 11.1. The molecule has 78 valence electrons. The van der Waals surface area contributed by atoms with Crippen LogP contribution < -0.4 is 0 Å². The van der Waals surface area contributed by atoms with Crippen molar-refractivity contribution >= 4 is 52.4 Å². The summed E-state index contributed by atoms with van der Waals surface area (Å²) in [5.74, 6) is 1.80. The molecule has 2 nitrogen and oxygen atoms in total. The van der Waals surface area contributed by atoms with E-state index in [0.29, 0.717) is 0 Å². The fourth-order valence-corrected chi connectivity index (χ4v) is 6.49. The van der Waals surface area contributed by atoms with Crippen LogP contribution in [0.3, 0.4) is 0 Å². The van der Waals surface area contributed by atoms with Gasteiger partial charge in [0.15, 0.2) is 5.69 Å². The van der Waals surface area contributed by atoms with Crippen LogP contribution in [0.5, 0.6) is 0 Å². The van der Waals surface area contributed by atoms with E-state index in [1.165, 1.54) is 0 Å². The summed E-state index contributed by atoms with van der Waals surface area (Å²) in [6, 6.07) is 0. The SMILES string of the molecule is CCCS(CCC)=P(O)(O)S.[SbH3]. The molecule has 0 saturated carbocycles. The summed E-state index contributed by atoms with van der Waals surface area (Å²) in [5, 5.41) is 0. The summed E-state index contributed by atoms with van der Waals surface area (Å²) in [6.07, 6.45) is 2.01. The van der Waals surface area contributed by atoms with Gasteiger partial charge in [-0.15, -0.1) is 10.1 Å². The van der Waals surface area contributed by atoms with Crippen LogP contribution in [-0.4, -0.2) is 45.7 Å². The molecule has 0 unspecified atom stereocenters. The van der Waals surface area contributed by atoms with Gasteiger partial charge in [-0.2, -0.15) is 0 Å². The van der Waals surface area contributed by atoms with Gasteiger partial charge in [0, 0.05) is 0 Å². The van der Waals surface area contributed by atoms with Crippen molar-refractivity contribution in [2.24, 2.45) is 0 Å². The third-order valence-corrected chi connectivity index (χ3v) is 8.93. The first-order chi connectivity index (χ1) is 5.02. The third kappa shape index (κ3) is 7.29. The van der Waals surface area contributed by atoms with E-state index in [2.05, 4.69) is 26.1 Å². The molecule has 6 heteroatoms. The van der Waals surface area contributed by atoms with E-state index in [-0.39, 0.29) is 34.5 Å². The fraction of sp³-hybridized carbons (Fsp3) is 1.00. The molecule has 0 aromatic carbocycles. The van der Waals surface area contributed by atoms with Crippen LogP contribution in [-0.2, 0) is 10.1 Å². The van der Waals surface area contributed by atoms with Gasteiger partial charge in [-0.3, -0.25) is 0 Å². The van der Waals surface area contributed by atoms with Crippen LogP contribution in [0, 0.1) is 0 Å². The van der Waals surface area contributed by atoms with E-state index < -0.39 is 5.69 Å².